The van der Waals surface area contributed by atoms with E-state index in [1.54, 1.807) is 37.3 Å². The Balaban J connectivity index is 2.40. The number of benzene rings is 2. The minimum Gasteiger partial charge on any atom is -0.354 e. The highest BCUT2D eigenvalue weighted by atomic mass is 35.5. The van der Waals surface area contributed by atoms with Crippen LogP contribution in [0.25, 0.3) is 0 Å². The molecule has 2 aromatic rings. The molecule has 0 aromatic heterocycles. The van der Waals surface area contributed by atoms with Gasteiger partial charge in [-0.15, -0.1) is 0 Å². The minimum absolute atomic E-state index is 0.0156. The van der Waals surface area contributed by atoms with E-state index in [-0.39, 0.29) is 12.5 Å². The van der Waals surface area contributed by atoms with E-state index < -0.39 is 28.5 Å². The number of aryl methyl sites for hydroxylation is 2. The molecule has 0 saturated carbocycles. The van der Waals surface area contributed by atoms with E-state index in [1.165, 1.54) is 4.90 Å². The Kier molecular flexibility index (Phi) is 10.4. The maximum atomic E-state index is 13.6. The number of nitrogens with one attached hydrogen (secondary N) is 1. The minimum atomic E-state index is -3.78. The van der Waals surface area contributed by atoms with Crippen LogP contribution < -0.4 is 9.62 Å². The molecule has 2 aromatic carbocycles. The van der Waals surface area contributed by atoms with Gasteiger partial charge in [-0.2, -0.15) is 0 Å². The van der Waals surface area contributed by atoms with Crippen molar-refractivity contribution in [3.05, 3.63) is 63.1 Å². The summed E-state index contributed by atoms with van der Waals surface area (Å²) in [7, 11) is -3.78. The van der Waals surface area contributed by atoms with Gasteiger partial charge < -0.3 is 10.2 Å². The van der Waals surface area contributed by atoms with Gasteiger partial charge in [-0.25, -0.2) is 8.42 Å². The predicted molar refractivity (Wildman–Crippen MR) is 142 cm³/mol. The summed E-state index contributed by atoms with van der Waals surface area (Å²) in [5.74, 6) is -0.855. The Hall–Kier alpha value is -2.29. The standard InChI is InChI=1S/C25H33Cl2N3O4S/c1-6-7-12-28-25(32)19(4)29(15-20-9-10-21(26)14-23(20)27)24(31)16-30(35(5,33)34)22-11-8-17(2)18(3)13-22/h8-11,13-14,19H,6-7,12,15-16H2,1-5H3,(H,28,32). The smallest absolute Gasteiger partial charge is 0.244 e. The fourth-order valence-corrected chi connectivity index (χ4v) is 4.76. The van der Waals surface area contributed by atoms with Crippen molar-refractivity contribution in [3.8, 4) is 0 Å². The van der Waals surface area contributed by atoms with Crippen LogP contribution in [0.2, 0.25) is 10.0 Å². The summed E-state index contributed by atoms with van der Waals surface area (Å²) in [5.41, 5.74) is 2.88. The molecule has 35 heavy (non-hydrogen) atoms. The highest BCUT2D eigenvalue weighted by Crippen LogP contribution is 2.25. The van der Waals surface area contributed by atoms with Crippen molar-refractivity contribution in [1.29, 1.82) is 0 Å². The van der Waals surface area contributed by atoms with Crippen LogP contribution in [0.4, 0.5) is 5.69 Å². The van der Waals surface area contributed by atoms with E-state index in [0.29, 0.717) is 27.8 Å². The second kappa shape index (κ2) is 12.6. The van der Waals surface area contributed by atoms with Crippen LogP contribution >= 0.6 is 23.2 Å². The molecule has 1 unspecified atom stereocenters. The largest absolute Gasteiger partial charge is 0.354 e. The van der Waals surface area contributed by atoms with Gasteiger partial charge in [0, 0.05) is 23.1 Å². The van der Waals surface area contributed by atoms with Gasteiger partial charge in [0.2, 0.25) is 21.8 Å². The summed E-state index contributed by atoms with van der Waals surface area (Å²) in [5, 5.41) is 3.63. The van der Waals surface area contributed by atoms with Gasteiger partial charge in [-0.3, -0.25) is 13.9 Å². The van der Waals surface area contributed by atoms with Crippen molar-refractivity contribution in [1.82, 2.24) is 10.2 Å². The SMILES string of the molecule is CCCCNC(=O)C(C)N(Cc1ccc(Cl)cc1Cl)C(=O)CN(c1ccc(C)c(C)c1)S(C)(=O)=O. The molecule has 0 aliphatic heterocycles. The van der Waals surface area contributed by atoms with Crippen LogP contribution in [0.5, 0.6) is 0 Å². The number of carbonyl (C=O) groups is 2. The maximum absolute atomic E-state index is 13.6. The van der Waals surface area contributed by atoms with E-state index in [1.807, 2.05) is 26.8 Å². The Morgan fingerprint density at radius 1 is 1.06 bits per heavy atom. The third-order valence-corrected chi connectivity index (χ3v) is 7.54. The predicted octanol–water partition coefficient (Wildman–Crippen LogP) is 4.71. The molecular formula is C25H33Cl2N3O4S. The topological polar surface area (TPSA) is 86.8 Å². The number of rotatable bonds is 11. The van der Waals surface area contributed by atoms with Gasteiger partial charge in [0.25, 0.3) is 0 Å². The zero-order valence-electron chi connectivity index (χ0n) is 20.8. The van der Waals surface area contributed by atoms with E-state index in [0.717, 1.165) is 34.5 Å². The van der Waals surface area contributed by atoms with Gasteiger partial charge in [0.1, 0.15) is 12.6 Å². The quantitative estimate of drug-likeness (QED) is 0.417. The second-order valence-electron chi connectivity index (χ2n) is 8.62. The summed E-state index contributed by atoms with van der Waals surface area (Å²) in [6, 6.07) is 9.24. The first kappa shape index (κ1) is 28.9. The third kappa shape index (κ3) is 8.12. The van der Waals surface area contributed by atoms with Gasteiger partial charge in [-0.05, 0) is 68.1 Å². The van der Waals surface area contributed by atoms with Gasteiger partial charge in [0.15, 0.2) is 0 Å². The number of halogens is 2. The molecule has 10 heteroatoms. The van der Waals surface area contributed by atoms with Crippen LogP contribution in [0.3, 0.4) is 0 Å². The molecule has 0 aliphatic carbocycles. The number of nitrogens with zero attached hydrogens (tertiary/aromatic N) is 2. The van der Waals surface area contributed by atoms with Gasteiger partial charge >= 0.3 is 0 Å². The first-order chi connectivity index (χ1) is 16.3. The van der Waals surface area contributed by atoms with Crippen LogP contribution in [-0.2, 0) is 26.2 Å². The summed E-state index contributed by atoms with van der Waals surface area (Å²) in [6.07, 6.45) is 2.78. The number of hydrogen-bond donors (Lipinski definition) is 1. The van der Waals surface area contributed by atoms with Crippen molar-refractivity contribution in [2.45, 2.75) is 53.1 Å². The average molecular weight is 543 g/mol. The second-order valence-corrected chi connectivity index (χ2v) is 11.4. The summed E-state index contributed by atoms with van der Waals surface area (Å²) in [6.45, 7) is 7.47. The zero-order valence-corrected chi connectivity index (χ0v) is 23.1. The third-order valence-electron chi connectivity index (χ3n) is 5.81. The lowest BCUT2D eigenvalue weighted by Crippen LogP contribution is -2.51. The average Bonchev–Trinajstić information content (AvgIpc) is 2.77. The lowest BCUT2D eigenvalue weighted by molar-refractivity contribution is -0.139. The van der Waals surface area contributed by atoms with E-state index >= 15 is 0 Å². The van der Waals surface area contributed by atoms with Gasteiger partial charge in [0.05, 0.1) is 11.9 Å². The van der Waals surface area contributed by atoms with Crippen LogP contribution in [0, 0.1) is 13.8 Å². The number of carbonyl (C=O) groups excluding carboxylic acids is 2. The molecular weight excluding hydrogens is 509 g/mol. The summed E-state index contributed by atoms with van der Waals surface area (Å²) >= 11 is 12.4. The molecule has 0 radical (unpaired) electrons. The molecule has 192 valence electrons. The first-order valence-corrected chi connectivity index (χ1v) is 14.0. The Morgan fingerprint density at radius 3 is 2.31 bits per heavy atom. The lowest BCUT2D eigenvalue weighted by Gasteiger charge is -2.32. The molecule has 1 N–H and O–H groups in total. The van der Waals surface area contributed by atoms with E-state index in [2.05, 4.69) is 5.32 Å². The number of anilines is 1. The molecule has 0 bridgehead atoms. The number of unbranched alkanes of at least 4 members (excludes halogenated alkanes) is 1. The maximum Gasteiger partial charge on any atom is 0.244 e. The Morgan fingerprint density at radius 2 is 1.74 bits per heavy atom. The number of sulfonamides is 1. The molecule has 0 fully saturated rings. The number of hydrogen-bond acceptors (Lipinski definition) is 4. The fourth-order valence-electron chi connectivity index (χ4n) is 3.45. The molecule has 0 heterocycles. The van der Waals surface area contributed by atoms with Crippen molar-refractivity contribution in [2.24, 2.45) is 0 Å². The molecule has 7 nitrogen and oxygen atoms in total. The van der Waals surface area contributed by atoms with Crippen molar-refractivity contribution >= 4 is 50.7 Å². The zero-order chi connectivity index (χ0) is 26.3. The highest BCUT2D eigenvalue weighted by Gasteiger charge is 2.30. The summed E-state index contributed by atoms with van der Waals surface area (Å²) < 4.78 is 26.4. The van der Waals surface area contributed by atoms with Crippen molar-refractivity contribution < 1.29 is 18.0 Å². The molecule has 2 rings (SSSR count). The molecule has 2 amide bonds. The van der Waals surface area contributed by atoms with Crippen molar-refractivity contribution in [3.63, 3.8) is 0 Å². The first-order valence-electron chi connectivity index (χ1n) is 11.4. The lowest BCUT2D eigenvalue weighted by atomic mass is 10.1. The molecule has 0 aliphatic rings. The monoisotopic (exact) mass is 541 g/mol. The van der Waals surface area contributed by atoms with Crippen molar-refractivity contribution in [2.75, 3.05) is 23.7 Å². The van der Waals surface area contributed by atoms with Crippen LogP contribution in [0.15, 0.2) is 36.4 Å². The molecule has 1 atom stereocenters. The van der Waals surface area contributed by atoms with E-state index in [9.17, 15) is 18.0 Å². The number of amides is 2. The Bertz CT molecular complexity index is 1170. The molecule has 0 saturated heterocycles. The summed E-state index contributed by atoms with van der Waals surface area (Å²) in [4.78, 5) is 27.7. The fraction of sp³-hybridized carbons (Fsp3) is 0.440. The highest BCUT2D eigenvalue weighted by molar-refractivity contribution is 7.92. The van der Waals surface area contributed by atoms with Gasteiger partial charge in [-0.1, -0.05) is 48.7 Å². The van der Waals surface area contributed by atoms with Crippen LogP contribution in [0.1, 0.15) is 43.4 Å². The Labute approximate surface area is 218 Å². The van der Waals surface area contributed by atoms with E-state index in [4.69, 9.17) is 23.2 Å². The van der Waals surface area contributed by atoms with Crippen LogP contribution in [-0.4, -0.2) is 50.5 Å². The normalized spacial score (nSPS) is 12.2. The molecule has 0 spiro atoms.